The van der Waals surface area contributed by atoms with Crippen molar-refractivity contribution in [3.8, 4) is 0 Å². The van der Waals surface area contributed by atoms with E-state index in [1.54, 1.807) is 26.0 Å². The molecule has 2 aliphatic heterocycles. The van der Waals surface area contributed by atoms with Gasteiger partial charge in [-0.1, -0.05) is 83.9 Å². The number of esters is 1. The van der Waals surface area contributed by atoms with E-state index in [1.807, 2.05) is 66.7 Å². The quantitative estimate of drug-likeness (QED) is 0.298. The highest BCUT2D eigenvalue weighted by Gasteiger charge is 2.51. The van der Waals surface area contributed by atoms with Gasteiger partial charge in [-0.3, -0.25) is 0 Å². The van der Waals surface area contributed by atoms with Crippen molar-refractivity contribution < 1.29 is 44.2 Å². The van der Waals surface area contributed by atoms with Crippen molar-refractivity contribution in [3.05, 3.63) is 47.3 Å². The normalized spacial score (nSPS) is 41.2. The van der Waals surface area contributed by atoms with Crippen LogP contribution in [0.2, 0.25) is 0 Å². The first-order chi connectivity index (χ1) is 20.5. The molecule has 0 aromatic heterocycles. The van der Waals surface area contributed by atoms with Gasteiger partial charge < -0.3 is 39.4 Å². The van der Waals surface area contributed by atoms with Crippen molar-refractivity contribution in [1.29, 1.82) is 0 Å². The molecule has 12 atom stereocenters. The molecule has 2 heterocycles. The fraction of sp³-hybridized carbons (Fsp3) is 0.743. The average Bonchev–Trinajstić information content (AvgIpc) is 2.96. The van der Waals surface area contributed by atoms with E-state index in [0.717, 1.165) is 11.1 Å². The third kappa shape index (κ3) is 9.50. The lowest BCUT2D eigenvalue weighted by atomic mass is 9.76. The lowest BCUT2D eigenvalue weighted by Crippen LogP contribution is -2.59. The van der Waals surface area contributed by atoms with E-state index in [2.05, 4.69) is 0 Å². The van der Waals surface area contributed by atoms with Crippen LogP contribution < -0.4 is 0 Å². The van der Waals surface area contributed by atoms with Crippen LogP contribution in [0.15, 0.2) is 47.3 Å². The second-order valence-corrected chi connectivity index (χ2v) is 13.6. The van der Waals surface area contributed by atoms with E-state index in [9.17, 15) is 25.2 Å². The van der Waals surface area contributed by atoms with Crippen LogP contribution in [0, 0.1) is 35.5 Å². The Kier molecular flexibility index (Phi) is 14.3. The Morgan fingerprint density at radius 2 is 1.68 bits per heavy atom. The number of methoxy groups -OCH3 is 2. The number of aliphatic hydroxyl groups excluding tert-OH is 3. The Morgan fingerprint density at radius 3 is 2.25 bits per heavy atom. The molecule has 0 aliphatic carbocycles. The number of aliphatic hydroxyl groups is 4. The van der Waals surface area contributed by atoms with E-state index < -0.39 is 60.2 Å². The topological polar surface area (TPSA) is 135 Å². The number of hydrogen-bond acceptors (Lipinski definition) is 9. The second kappa shape index (κ2) is 16.5. The summed E-state index contributed by atoms with van der Waals surface area (Å²) in [6, 6.07) is 0. The van der Waals surface area contributed by atoms with Crippen LogP contribution in [-0.2, 0) is 23.7 Å². The number of cyclic esters (lactones) is 1. The largest absolute Gasteiger partial charge is 0.490 e. The molecule has 0 amide bonds. The first-order valence-electron chi connectivity index (χ1n) is 15.9. The zero-order chi connectivity index (χ0) is 33.5. The highest BCUT2D eigenvalue weighted by molar-refractivity contribution is 5.87. The molecule has 1 saturated heterocycles. The number of allylic oxidation sites excluding steroid dienone is 5. The summed E-state index contributed by atoms with van der Waals surface area (Å²) >= 11 is 0. The fourth-order valence-corrected chi connectivity index (χ4v) is 6.54. The van der Waals surface area contributed by atoms with E-state index in [1.165, 1.54) is 14.2 Å². The average molecular weight is 623 g/mol. The van der Waals surface area contributed by atoms with E-state index in [0.29, 0.717) is 6.42 Å². The SMILES string of the molecule is CO/C1=C/C(C)=C\[C@@H](C)[C@@H](O)[C@H](C)C/C(C)=C/C=C/[C@H](OC)[C@H]([C@H](C)[C@@H](O)[C@H](C)[C@@]2(O)C[C@@H](O)[C@H](C)[C@@H](C(C)C)O2)OC1=O. The predicted octanol–water partition coefficient (Wildman–Crippen LogP) is 4.69. The van der Waals surface area contributed by atoms with Gasteiger partial charge in [0.05, 0.1) is 31.5 Å². The summed E-state index contributed by atoms with van der Waals surface area (Å²) in [7, 11) is 2.87. The van der Waals surface area contributed by atoms with Crippen molar-refractivity contribution in [1.82, 2.24) is 0 Å². The van der Waals surface area contributed by atoms with E-state index in [4.69, 9.17) is 18.9 Å². The number of carbonyl (C=O) groups excluding carboxylic acids is 1. The first kappa shape index (κ1) is 38.2. The van der Waals surface area contributed by atoms with Gasteiger partial charge in [-0.05, 0) is 38.2 Å². The van der Waals surface area contributed by atoms with Gasteiger partial charge in [-0.2, -0.15) is 0 Å². The van der Waals surface area contributed by atoms with Crippen LogP contribution in [0.3, 0.4) is 0 Å². The fourth-order valence-electron chi connectivity index (χ4n) is 6.54. The molecule has 2 rings (SSSR count). The van der Waals surface area contributed by atoms with E-state index in [-0.39, 0.29) is 35.9 Å². The summed E-state index contributed by atoms with van der Waals surface area (Å²) in [5.41, 5.74) is 1.78. The van der Waals surface area contributed by atoms with Crippen molar-refractivity contribution in [2.75, 3.05) is 14.2 Å². The van der Waals surface area contributed by atoms with Gasteiger partial charge in [0.15, 0.2) is 5.79 Å². The van der Waals surface area contributed by atoms with Gasteiger partial charge in [-0.15, -0.1) is 0 Å². The molecule has 0 unspecified atom stereocenters. The molecular weight excluding hydrogens is 564 g/mol. The van der Waals surface area contributed by atoms with Crippen LogP contribution in [-0.4, -0.2) is 83.0 Å². The minimum Gasteiger partial charge on any atom is -0.490 e. The maximum Gasteiger partial charge on any atom is 0.373 e. The number of hydrogen-bond donors (Lipinski definition) is 4. The second-order valence-electron chi connectivity index (χ2n) is 13.6. The summed E-state index contributed by atoms with van der Waals surface area (Å²) in [6.07, 6.45) is 4.85. The van der Waals surface area contributed by atoms with E-state index >= 15 is 0 Å². The molecule has 0 radical (unpaired) electrons. The minimum atomic E-state index is -1.80. The van der Waals surface area contributed by atoms with Gasteiger partial charge in [0.25, 0.3) is 0 Å². The highest BCUT2D eigenvalue weighted by Crippen LogP contribution is 2.41. The summed E-state index contributed by atoms with van der Waals surface area (Å²) in [4.78, 5) is 13.5. The van der Waals surface area contributed by atoms with Gasteiger partial charge in [-0.25, -0.2) is 4.79 Å². The molecule has 4 N–H and O–H groups in total. The van der Waals surface area contributed by atoms with Crippen molar-refractivity contribution in [2.45, 2.75) is 118 Å². The lowest BCUT2D eigenvalue weighted by Gasteiger charge is -2.49. The predicted molar refractivity (Wildman–Crippen MR) is 170 cm³/mol. The van der Waals surface area contributed by atoms with Gasteiger partial charge in [0, 0.05) is 37.2 Å². The van der Waals surface area contributed by atoms with Crippen LogP contribution in [0.25, 0.3) is 0 Å². The summed E-state index contributed by atoms with van der Waals surface area (Å²) in [5.74, 6) is -4.49. The number of ether oxygens (including phenoxy) is 4. The number of carbonyl (C=O) groups is 1. The van der Waals surface area contributed by atoms with Crippen molar-refractivity contribution in [2.24, 2.45) is 35.5 Å². The molecule has 9 heteroatoms. The first-order valence-corrected chi connectivity index (χ1v) is 15.9. The molecule has 252 valence electrons. The molecule has 0 spiro atoms. The monoisotopic (exact) mass is 622 g/mol. The molecule has 0 aromatic carbocycles. The molecule has 0 saturated carbocycles. The molecule has 2 aliphatic rings. The Balaban J connectivity index is 2.52. The lowest BCUT2D eigenvalue weighted by molar-refractivity contribution is -0.328. The van der Waals surface area contributed by atoms with Gasteiger partial charge in [0.1, 0.15) is 12.2 Å². The molecule has 0 bridgehead atoms. The zero-order valence-corrected chi connectivity index (χ0v) is 28.6. The highest BCUT2D eigenvalue weighted by atomic mass is 16.6. The number of rotatable bonds is 7. The van der Waals surface area contributed by atoms with Crippen molar-refractivity contribution in [3.63, 3.8) is 0 Å². The Bertz CT molecular complexity index is 1060. The molecular formula is C35H58O9. The van der Waals surface area contributed by atoms with Crippen LogP contribution >= 0.6 is 0 Å². The summed E-state index contributed by atoms with van der Waals surface area (Å²) in [5, 5.41) is 45.0. The Labute approximate surface area is 264 Å². The van der Waals surface area contributed by atoms with Gasteiger partial charge >= 0.3 is 5.97 Å². The maximum absolute atomic E-state index is 13.5. The smallest absolute Gasteiger partial charge is 0.373 e. The Morgan fingerprint density at radius 1 is 1.05 bits per heavy atom. The minimum absolute atomic E-state index is 0.00492. The van der Waals surface area contributed by atoms with Crippen LogP contribution in [0.1, 0.15) is 75.2 Å². The van der Waals surface area contributed by atoms with Crippen LogP contribution in [0.4, 0.5) is 0 Å². The zero-order valence-electron chi connectivity index (χ0n) is 28.6. The Hall–Kier alpha value is -2.01. The summed E-state index contributed by atoms with van der Waals surface area (Å²) in [6.45, 7) is 17.0. The molecule has 44 heavy (non-hydrogen) atoms. The summed E-state index contributed by atoms with van der Waals surface area (Å²) < 4.78 is 23.4. The third-order valence-electron chi connectivity index (χ3n) is 9.50. The van der Waals surface area contributed by atoms with Crippen LogP contribution in [0.5, 0.6) is 0 Å². The molecule has 1 fully saturated rings. The molecule has 9 nitrogen and oxygen atoms in total. The third-order valence-corrected chi connectivity index (χ3v) is 9.50. The van der Waals surface area contributed by atoms with Crippen molar-refractivity contribution >= 4 is 5.97 Å². The maximum atomic E-state index is 13.5. The standard InChI is InChI=1S/C35H58O9/c1-19(2)32-24(7)27(36)18-35(40,44-32)26(9)31(38)25(8)33-28(41-10)14-12-13-20(3)15-22(5)30(37)23(6)16-21(4)17-29(42-11)34(39)43-33/h12-14,16-17,19,22-28,30-33,36-38,40H,15,18H2,1-11H3/b14-12+,20-13+,21-16-,29-17+/t22-,23-,24+,25-,26+,27-,28+,30+,31-,32-,33+,35-/m1/s1. The molecule has 0 aromatic rings. The van der Waals surface area contributed by atoms with Gasteiger partial charge in [0.2, 0.25) is 5.76 Å².